The van der Waals surface area contributed by atoms with Crippen LogP contribution < -0.4 is 16.4 Å². The maximum Gasteiger partial charge on any atom is 0.276 e. The van der Waals surface area contributed by atoms with Crippen LogP contribution in [0.5, 0.6) is 0 Å². The summed E-state index contributed by atoms with van der Waals surface area (Å²) in [5, 5.41) is 5.43. The topological polar surface area (TPSA) is 135 Å². The number of hydrogen-bond acceptors (Lipinski definition) is 6. The van der Waals surface area contributed by atoms with Crippen molar-refractivity contribution in [1.82, 2.24) is 9.62 Å². The molecular formula is C28H43FN4O5S. The predicted octanol–water partition coefficient (Wildman–Crippen LogP) is 4.67. The summed E-state index contributed by atoms with van der Waals surface area (Å²) in [5.74, 6) is -1.24. The van der Waals surface area contributed by atoms with Crippen LogP contribution in [-0.2, 0) is 14.8 Å². The zero-order valence-corrected chi connectivity index (χ0v) is 24.6. The van der Waals surface area contributed by atoms with E-state index in [1.807, 2.05) is 27.7 Å². The van der Waals surface area contributed by atoms with E-state index in [0.29, 0.717) is 38.0 Å². The zero-order chi connectivity index (χ0) is 29.3. The van der Waals surface area contributed by atoms with Gasteiger partial charge in [0, 0.05) is 42.8 Å². The molecule has 0 aliphatic rings. The van der Waals surface area contributed by atoms with Crippen LogP contribution in [0.1, 0.15) is 76.4 Å². The normalized spacial score (nSPS) is 14.3. The van der Waals surface area contributed by atoms with Gasteiger partial charge in [-0.2, -0.15) is 4.31 Å². The van der Waals surface area contributed by atoms with Crippen molar-refractivity contribution >= 4 is 27.5 Å². The molecule has 2 aromatic rings. The van der Waals surface area contributed by atoms with Gasteiger partial charge in [-0.15, -0.1) is 0 Å². The van der Waals surface area contributed by atoms with Crippen molar-refractivity contribution in [2.45, 2.75) is 84.4 Å². The molecule has 0 aliphatic heterocycles. The Balaban J connectivity index is 2.16. The molecule has 9 nitrogen and oxygen atoms in total. The largest absolute Gasteiger partial charge is 0.448 e. The molecule has 218 valence electrons. The third-order valence-electron chi connectivity index (χ3n) is 6.42. The fourth-order valence-corrected chi connectivity index (χ4v) is 5.96. The standard InChI is InChI=1S/C28H43FN4O5S/c1-7-13-33(14-8-2)39(36,37)26-17-23(20(6)38-26)28(35)32-25(15-18(3)4)24(30)16-19(5)27(34)31-22-11-9-21(29)10-12-22/h9-12,17-19,24-25H,7-8,13-16,30H2,1-6H3,(H,31,34)(H,32,35). The highest BCUT2D eigenvalue weighted by molar-refractivity contribution is 7.89. The fraction of sp³-hybridized carbons (Fsp3) is 0.571. The third-order valence-corrected chi connectivity index (χ3v) is 8.18. The molecule has 1 heterocycles. The van der Waals surface area contributed by atoms with Crippen molar-refractivity contribution in [3.05, 3.63) is 47.5 Å². The zero-order valence-electron chi connectivity index (χ0n) is 23.8. The van der Waals surface area contributed by atoms with Gasteiger partial charge in [0.25, 0.3) is 15.9 Å². The molecule has 1 aromatic carbocycles. The molecular weight excluding hydrogens is 523 g/mol. The highest BCUT2D eigenvalue weighted by Gasteiger charge is 2.31. The minimum absolute atomic E-state index is 0.129. The average molecular weight is 567 g/mol. The van der Waals surface area contributed by atoms with Gasteiger partial charge < -0.3 is 20.8 Å². The summed E-state index contributed by atoms with van der Waals surface area (Å²) in [7, 11) is -3.88. The Morgan fingerprint density at radius 3 is 2.18 bits per heavy atom. The van der Waals surface area contributed by atoms with E-state index in [9.17, 15) is 22.4 Å². The fourth-order valence-electron chi connectivity index (χ4n) is 4.36. The Bertz CT molecular complexity index is 1190. The lowest BCUT2D eigenvalue weighted by atomic mass is 9.91. The van der Waals surface area contributed by atoms with Crippen LogP contribution in [0.2, 0.25) is 0 Å². The molecule has 1 aromatic heterocycles. The first-order valence-electron chi connectivity index (χ1n) is 13.5. The van der Waals surface area contributed by atoms with Crippen LogP contribution in [0.4, 0.5) is 10.1 Å². The first-order valence-corrected chi connectivity index (χ1v) is 15.0. The van der Waals surface area contributed by atoms with E-state index in [0.717, 1.165) is 0 Å². The summed E-state index contributed by atoms with van der Waals surface area (Å²) in [6, 6.07) is 5.74. The van der Waals surface area contributed by atoms with Crippen LogP contribution in [0, 0.1) is 24.6 Å². The number of amides is 2. The molecule has 0 bridgehead atoms. The number of sulfonamides is 1. The number of furan rings is 1. The van der Waals surface area contributed by atoms with Gasteiger partial charge >= 0.3 is 0 Å². The summed E-state index contributed by atoms with van der Waals surface area (Å²) >= 11 is 0. The van der Waals surface area contributed by atoms with Crippen LogP contribution in [0.15, 0.2) is 39.8 Å². The number of rotatable bonds is 15. The molecule has 3 atom stereocenters. The SMILES string of the molecule is CCCN(CCC)S(=O)(=O)c1cc(C(=O)NC(CC(C)C)C(N)CC(C)C(=O)Nc2ccc(F)cc2)c(C)o1. The number of carbonyl (C=O) groups is 2. The number of nitrogens with one attached hydrogen (secondary N) is 2. The molecule has 2 rings (SSSR count). The Hall–Kier alpha value is -2.76. The molecule has 0 saturated heterocycles. The molecule has 0 spiro atoms. The van der Waals surface area contributed by atoms with Crippen LogP contribution in [0.3, 0.4) is 0 Å². The summed E-state index contributed by atoms with van der Waals surface area (Å²) in [4.78, 5) is 26.0. The second-order valence-electron chi connectivity index (χ2n) is 10.4. The predicted molar refractivity (Wildman–Crippen MR) is 150 cm³/mol. The smallest absolute Gasteiger partial charge is 0.276 e. The number of aryl methyl sites for hydroxylation is 1. The van der Waals surface area contributed by atoms with Crippen molar-refractivity contribution in [2.24, 2.45) is 17.6 Å². The first kappa shape index (κ1) is 32.5. The molecule has 39 heavy (non-hydrogen) atoms. The number of halogens is 1. The lowest BCUT2D eigenvalue weighted by molar-refractivity contribution is -0.119. The number of benzene rings is 1. The van der Waals surface area contributed by atoms with Crippen molar-refractivity contribution in [2.75, 3.05) is 18.4 Å². The summed E-state index contributed by atoms with van der Waals surface area (Å²) < 4.78 is 46.3. The van der Waals surface area contributed by atoms with E-state index in [4.69, 9.17) is 10.2 Å². The number of hydrogen-bond donors (Lipinski definition) is 3. The molecule has 0 fully saturated rings. The number of anilines is 1. The molecule has 0 aliphatic carbocycles. The Kier molecular flexibility index (Phi) is 12.1. The van der Waals surface area contributed by atoms with Crippen molar-refractivity contribution < 1.29 is 26.8 Å². The van der Waals surface area contributed by atoms with Crippen LogP contribution in [-0.4, -0.2) is 49.7 Å². The highest BCUT2D eigenvalue weighted by Crippen LogP contribution is 2.24. The van der Waals surface area contributed by atoms with Gasteiger partial charge in [0.05, 0.1) is 5.56 Å². The molecule has 0 radical (unpaired) electrons. The molecule has 11 heteroatoms. The second-order valence-corrected chi connectivity index (χ2v) is 12.3. The van der Waals surface area contributed by atoms with Gasteiger partial charge in [-0.3, -0.25) is 9.59 Å². The van der Waals surface area contributed by atoms with E-state index < -0.39 is 39.7 Å². The van der Waals surface area contributed by atoms with Crippen molar-refractivity contribution in [3.8, 4) is 0 Å². The monoisotopic (exact) mass is 566 g/mol. The summed E-state index contributed by atoms with van der Waals surface area (Å²) in [6.45, 7) is 11.8. The average Bonchev–Trinajstić information content (AvgIpc) is 3.27. The maximum absolute atomic E-state index is 13.3. The molecule has 4 N–H and O–H groups in total. The maximum atomic E-state index is 13.3. The summed E-state index contributed by atoms with van der Waals surface area (Å²) in [5.41, 5.74) is 7.10. The summed E-state index contributed by atoms with van der Waals surface area (Å²) in [6.07, 6.45) is 2.16. The lowest BCUT2D eigenvalue weighted by Gasteiger charge is -2.28. The Morgan fingerprint density at radius 2 is 1.64 bits per heavy atom. The third kappa shape index (κ3) is 9.15. The Labute approximate surface area is 231 Å². The first-order chi connectivity index (χ1) is 18.3. The molecule has 3 unspecified atom stereocenters. The van der Waals surface area contributed by atoms with E-state index in [2.05, 4.69) is 10.6 Å². The van der Waals surface area contributed by atoms with Crippen LogP contribution in [0.25, 0.3) is 0 Å². The van der Waals surface area contributed by atoms with Gasteiger partial charge in [-0.25, -0.2) is 12.8 Å². The number of carbonyl (C=O) groups excluding carboxylic acids is 2. The van der Waals surface area contributed by atoms with E-state index in [-0.39, 0.29) is 34.7 Å². The lowest BCUT2D eigenvalue weighted by Crippen LogP contribution is -2.49. The number of nitrogens with zero attached hydrogens (tertiary/aromatic N) is 1. The van der Waals surface area contributed by atoms with E-state index >= 15 is 0 Å². The van der Waals surface area contributed by atoms with Gasteiger partial charge in [-0.1, -0.05) is 34.6 Å². The Morgan fingerprint density at radius 1 is 1.05 bits per heavy atom. The molecule has 2 amide bonds. The molecule has 0 saturated carbocycles. The number of nitrogens with two attached hydrogens (primary N) is 1. The van der Waals surface area contributed by atoms with Gasteiger partial charge in [0.15, 0.2) is 0 Å². The second kappa shape index (κ2) is 14.6. The quantitative estimate of drug-likeness (QED) is 0.287. The van der Waals surface area contributed by atoms with Gasteiger partial charge in [0.2, 0.25) is 11.0 Å². The highest BCUT2D eigenvalue weighted by atomic mass is 32.2. The van der Waals surface area contributed by atoms with E-state index in [1.165, 1.54) is 34.6 Å². The van der Waals surface area contributed by atoms with Gasteiger partial charge in [-0.05, 0) is 62.8 Å². The van der Waals surface area contributed by atoms with Crippen LogP contribution >= 0.6 is 0 Å². The van der Waals surface area contributed by atoms with Crippen molar-refractivity contribution in [3.63, 3.8) is 0 Å². The minimum Gasteiger partial charge on any atom is -0.448 e. The van der Waals surface area contributed by atoms with Crippen molar-refractivity contribution in [1.29, 1.82) is 0 Å². The van der Waals surface area contributed by atoms with Gasteiger partial charge in [0.1, 0.15) is 11.6 Å². The van der Waals surface area contributed by atoms with E-state index in [1.54, 1.807) is 13.8 Å². The minimum atomic E-state index is -3.88.